The van der Waals surface area contributed by atoms with Crippen LogP contribution in [0.5, 0.6) is 0 Å². The predicted octanol–water partition coefficient (Wildman–Crippen LogP) is 4.64. The zero-order chi connectivity index (χ0) is 9.72. The molecule has 0 aromatic heterocycles. The summed E-state index contributed by atoms with van der Waals surface area (Å²) in [5, 5.41) is 1.34. The fraction of sp³-hybridized carbons (Fsp3) is 0.400. The molecule has 0 fully saturated rings. The summed E-state index contributed by atoms with van der Waals surface area (Å²) in [4.78, 5) is 0. The highest BCUT2D eigenvalue weighted by molar-refractivity contribution is 6.42. The number of hydrogen-bond donors (Lipinski definition) is 0. The van der Waals surface area contributed by atoms with Crippen molar-refractivity contribution in [3.05, 3.63) is 33.3 Å². The molecule has 0 saturated carbocycles. The quantitative estimate of drug-likeness (QED) is 0.578. The molecule has 0 radical (unpaired) electrons. The maximum absolute atomic E-state index is 5.85. The summed E-state index contributed by atoms with van der Waals surface area (Å²) in [5.74, 6) is 0. The molecular weight excluding hydrogens is 191 g/mol. The Balaban J connectivity index is 0.000000561. The van der Waals surface area contributed by atoms with Crippen LogP contribution < -0.4 is 0 Å². The Morgan fingerprint density at radius 1 is 0.833 bits per heavy atom. The lowest BCUT2D eigenvalue weighted by molar-refractivity contribution is 1.40. The summed E-state index contributed by atoms with van der Waals surface area (Å²) >= 11 is 11.7. The highest BCUT2D eigenvalue weighted by Crippen LogP contribution is 2.27. The van der Waals surface area contributed by atoms with E-state index in [1.165, 1.54) is 0 Å². The molecule has 0 aliphatic rings. The highest BCUT2D eigenvalue weighted by Gasteiger charge is 2.02. The van der Waals surface area contributed by atoms with Crippen LogP contribution in [0.15, 0.2) is 12.1 Å². The molecule has 0 atom stereocenters. The lowest BCUT2D eigenvalue weighted by Gasteiger charge is -2.01. The van der Waals surface area contributed by atoms with Gasteiger partial charge < -0.3 is 0 Å². The van der Waals surface area contributed by atoms with E-state index in [0.717, 1.165) is 11.1 Å². The van der Waals surface area contributed by atoms with Crippen LogP contribution in [0.3, 0.4) is 0 Å². The summed E-state index contributed by atoms with van der Waals surface area (Å²) < 4.78 is 0. The van der Waals surface area contributed by atoms with E-state index < -0.39 is 0 Å². The largest absolute Gasteiger partial charge is 0.0824 e. The summed E-state index contributed by atoms with van der Waals surface area (Å²) in [5.41, 5.74) is 2.05. The first-order chi connectivity index (χ1) is 5.63. The van der Waals surface area contributed by atoms with Gasteiger partial charge in [0.2, 0.25) is 0 Å². The Labute approximate surface area is 84.5 Å². The summed E-state index contributed by atoms with van der Waals surface area (Å²) in [6.45, 7) is 7.88. The Kier molecular flexibility index (Phi) is 5.36. The smallest absolute Gasteiger partial charge is 0.0624 e. The maximum Gasteiger partial charge on any atom is 0.0624 e. The molecule has 0 saturated heterocycles. The minimum absolute atomic E-state index is 0.668. The summed E-state index contributed by atoms with van der Waals surface area (Å²) in [6, 6.07) is 3.92. The van der Waals surface area contributed by atoms with Crippen molar-refractivity contribution in [2.45, 2.75) is 27.7 Å². The third-order valence-corrected chi connectivity index (χ3v) is 2.54. The molecule has 0 amide bonds. The molecule has 1 aromatic carbocycles. The molecule has 0 unspecified atom stereocenters. The van der Waals surface area contributed by atoms with Crippen LogP contribution >= 0.6 is 23.2 Å². The first kappa shape index (κ1) is 11.8. The van der Waals surface area contributed by atoms with Crippen molar-refractivity contribution < 1.29 is 0 Å². The van der Waals surface area contributed by atoms with E-state index in [-0.39, 0.29) is 0 Å². The van der Waals surface area contributed by atoms with Crippen LogP contribution in [0.1, 0.15) is 25.0 Å². The zero-order valence-electron chi connectivity index (χ0n) is 7.91. The van der Waals surface area contributed by atoms with Gasteiger partial charge in [-0.2, -0.15) is 0 Å². The van der Waals surface area contributed by atoms with Crippen LogP contribution in [0, 0.1) is 13.8 Å². The average Bonchev–Trinajstić information content (AvgIpc) is 2.12. The number of aryl methyl sites for hydroxylation is 2. The Bertz CT molecular complexity index is 227. The van der Waals surface area contributed by atoms with Gasteiger partial charge in [-0.3, -0.25) is 0 Å². The fourth-order valence-corrected chi connectivity index (χ4v) is 1.17. The molecule has 2 heteroatoms. The van der Waals surface area contributed by atoms with Gasteiger partial charge in [-0.05, 0) is 25.0 Å². The fourth-order valence-electron chi connectivity index (χ4n) is 0.743. The third-order valence-electron chi connectivity index (χ3n) is 1.47. The van der Waals surface area contributed by atoms with Gasteiger partial charge in [0.05, 0.1) is 10.0 Å². The Morgan fingerprint density at radius 2 is 1.08 bits per heavy atom. The second-order valence-corrected chi connectivity index (χ2v) is 3.08. The Hall–Kier alpha value is -0.200. The molecular formula is C10H14Cl2. The van der Waals surface area contributed by atoms with Gasteiger partial charge >= 0.3 is 0 Å². The van der Waals surface area contributed by atoms with Crippen molar-refractivity contribution in [3.8, 4) is 0 Å². The van der Waals surface area contributed by atoms with Gasteiger partial charge in [0.25, 0.3) is 0 Å². The SMILES string of the molecule is CC.Cc1ccc(C)c(Cl)c1Cl. The van der Waals surface area contributed by atoms with Crippen LogP contribution in [0.2, 0.25) is 10.0 Å². The van der Waals surface area contributed by atoms with Crippen molar-refractivity contribution in [1.82, 2.24) is 0 Å². The van der Waals surface area contributed by atoms with E-state index in [2.05, 4.69) is 0 Å². The van der Waals surface area contributed by atoms with Gasteiger partial charge in [-0.15, -0.1) is 0 Å². The Morgan fingerprint density at radius 3 is 1.33 bits per heavy atom. The van der Waals surface area contributed by atoms with Gasteiger partial charge in [-0.25, -0.2) is 0 Å². The highest BCUT2D eigenvalue weighted by atomic mass is 35.5. The molecule has 1 aromatic rings. The van der Waals surface area contributed by atoms with Crippen molar-refractivity contribution in [1.29, 1.82) is 0 Å². The second kappa shape index (κ2) is 5.45. The topological polar surface area (TPSA) is 0 Å². The van der Waals surface area contributed by atoms with E-state index in [1.807, 2.05) is 39.8 Å². The molecule has 0 spiro atoms. The monoisotopic (exact) mass is 204 g/mol. The lowest BCUT2D eigenvalue weighted by Crippen LogP contribution is -1.79. The summed E-state index contributed by atoms with van der Waals surface area (Å²) in [6.07, 6.45) is 0. The van der Waals surface area contributed by atoms with Crippen LogP contribution in [0.25, 0.3) is 0 Å². The summed E-state index contributed by atoms with van der Waals surface area (Å²) in [7, 11) is 0. The van der Waals surface area contributed by atoms with Crippen LogP contribution in [-0.2, 0) is 0 Å². The maximum atomic E-state index is 5.85. The van der Waals surface area contributed by atoms with Crippen molar-refractivity contribution >= 4 is 23.2 Å². The normalized spacial score (nSPS) is 8.83. The first-order valence-electron chi connectivity index (χ1n) is 4.04. The molecule has 1 rings (SSSR count). The average molecular weight is 205 g/mol. The van der Waals surface area contributed by atoms with Crippen molar-refractivity contribution in [2.75, 3.05) is 0 Å². The molecule has 68 valence electrons. The van der Waals surface area contributed by atoms with Crippen LogP contribution in [-0.4, -0.2) is 0 Å². The lowest BCUT2D eigenvalue weighted by atomic mass is 10.2. The molecule has 12 heavy (non-hydrogen) atoms. The molecule has 0 nitrogen and oxygen atoms in total. The number of halogens is 2. The molecule has 0 heterocycles. The minimum Gasteiger partial charge on any atom is -0.0824 e. The standard InChI is InChI=1S/C8H8Cl2.C2H6/c1-5-3-4-6(2)8(10)7(5)9;1-2/h3-4H,1-2H3;1-2H3. The second-order valence-electron chi connectivity index (χ2n) is 2.33. The van der Waals surface area contributed by atoms with Crippen molar-refractivity contribution in [3.63, 3.8) is 0 Å². The van der Waals surface area contributed by atoms with E-state index in [0.29, 0.717) is 10.0 Å². The third kappa shape index (κ3) is 2.69. The van der Waals surface area contributed by atoms with Gasteiger partial charge in [0.15, 0.2) is 0 Å². The van der Waals surface area contributed by atoms with Gasteiger partial charge in [0.1, 0.15) is 0 Å². The van der Waals surface area contributed by atoms with E-state index >= 15 is 0 Å². The first-order valence-corrected chi connectivity index (χ1v) is 4.79. The van der Waals surface area contributed by atoms with Gasteiger partial charge in [-0.1, -0.05) is 49.2 Å². The van der Waals surface area contributed by atoms with Crippen LogP contribution in [0.4, 0.5) is 0 Å². The minimum atomic E-state index is 0.668. The molecule has 0 aliphatic carbocycles. The molecule has 0 aliphatic heterocycles. The van der Waals surface area contributed by atoms with E-state index in [9.17, 15) is 0 Å². The number of rotatable bonds is 0. The zero-order valence-corrected chi connectivity index (χ0v) is 9.42. The number of benzene rings is 1. The van der Waals surface area contributed by atoms with E-state index in [1.54, 1.807) is 0 Å². The predicted molar refractivity (Wildman–Crippen MR) is 57.3 cm³/mol. The van der Waals surface area contributed by atoms with Gasteiger partial charge in [0, 0.05) is 0 Å². The molecule has 0 N–H and O–H groups in total. The number of hydrogen-bond acceptors (Lipinski definition) is 0. The molecule has 0 bridgehead atoms. The van der Waals surface area contributed by atoms with E-state index in [4.69, 9.17) is 23.2 Å². The van der Waals surface area contributed by atoms with Crippen molar-refractivity contribution in [2.24, 2.45) is 0 Å².